The molecule has 0 heterocycles. The van der Waals surface area contributed by atoms with Crippen molar-refractivity contribution in [3.8, 4) is 5.75 Å². The van der Waals surface area contributed by atoms with E-state index < -0.39 is 22.0 Å². The van der Waals surface area contributed by atoms with E-state index >= 15 is 0 Å². The zero-order valence-corrected chi connectivity index (χ0v) is 15.5. The standard InChI is InChI=1S/C18H20N2O5S/c1-13(2)19-18(22)20(26(23,24)14-9-5-4-6-10-14)17(21)15-11-7-8-12-16(15)25-3/h4-13H,1-3H3,(H,19,22). The van der Waals surface area contributed by atoms with Crippen molar-refractivity contribution in [3.05, 3.63) is 60.2 Å². The maximum atomic E-state index is 13.0. The van der Waals surface area contributed by atoms with Crippen LogP contribution < -0.4 is 10.1 Å². The molecule has 0 saturated heterocycles. The minimum absolute atomic E-state index is 0.0339. The molecular weight excluding hydrogens is 356 g/mol. The summed E-state index contributed by atoms with van der Waals surface area (Å²) >= 11 is 0. The Hall–Kier alpha value is -2.87. The molecule has 0 aliphatic rings. The summed E-state index contributed by atoms with van der Waals surface area (Å²) in [5, 5.41) is 2.45. The Labute approximate surface area is 152 Å². The molecule has 2 aromatic rings. The number of ether oxygens (including phenoxy) is 1. The summed E-state index contributed by atoms with van der Waals surface area (Å²) in [7, 11) is -3.04. The second-order valence-corrected chi connectivity index (χ2v) is 7.48. The largest absolute Gasteiger partial charge is 0.496 e. The number of carbonyl (C=O) groups is 2. The number of rotatable bonds is 5. The first kappa shape index (κ1) is 19.5. The van der Waals surface area contributed by atoms with Gasteiger partial charge in [-0.3, -0.25) is 4.79 Å². The van der Waals surface area contributed by atoms with E-state index in [0.29, 0.717) is 0 Å². The van der Waals surface area contributed by atoms with Gasteiger partial charge in [0.25, 0.3) is 15.9 Å². The van der Waals surface area contributed by atoms with Crippen LogP contribution in [-0.4, -0.2) is 37.8 Å². The van der Waals surface area contributed by atoms with Crippen LogP contribution in [-0.2, 0) is 10.0 Å². The summed E-state index contributed by atoms with van der Waals surface area (Å²) in [6.45, 7) is 3.33. The van der Waals surface area contributed by atoms with E-state index in [1.165, 1.54) is 43.5 Å². The number of urea groups is 1. The number of hydrogen-bond acceptors (Lipinski definition) is 5. The van der Waals surface area contributed by atoms with Crippen LogP contribution in [0.3, 0.4) is 0 Å². The Morgan fingerprint density at radius 1 is 1.00 bits per heavy atom. The summed E-state index contributed by atoms with van der Waals surface area (Å²) < 4.78 is 31.3. The third-order valence-electron chi connectivity index (χ3n) is 3.40. The smallest absolute Gasteiger partial charge is 0.338 e. The van der Waals surface area contributed by atoms with Crippen LogP contribution in [0, 0.1) is 0 Å². The number of amides is 3. The van der Waals surface area contributed by atoms with E-state index in [4.69, 9.17) is 4.74 Å². The zero-order valence-electron chi connectivity index (χ0n) is 14.7. The number of sulfonamides is 1. The van der Waals surface area contributed by atoms with Crippen molar-refractivity contribution < 1.29 is 22.7 Å². The van der Waals surface area contributed by atoms with Crippen LogP contribution in [0.15, 0.2) is 59.5 Å². The topological polar surface area (TPSA) is 92.8 Å². The van der Waals surface area contributed by atoms with Gasteiger partial charge in [-0.1, -0.05) is 30.3 Å². The molecule has 0 unspecified atom stereocenters. The first-order valence-corrected chi connectivity index (χ1v) is 9.31. The molecule has 0 atom stereocenters. The van der Waals surface area contributed by atoms with Gasteiger partial charge in [-0.25, -0.2) is 13.2 Å². The van der Waals surface area contributed by atoms with Crippen LogP contribution in [0.2, 0.25) is 0 Å². The molecule has 1 N–H and O–H groups in total. The summed E-state index contributed by atoms with van der Waals surface area (Å²) in [5.74, 6) is -0.826. The van der Waals surface area contributed by atoms with Crippen molar-refractivity contribution in [1.29, 1.82) is 0 Å². The molecule has 2 aromatic carbocycles. The Bertz CT molecular complexity index is 895. The molecule has 0 saturated carbocycles. The van der Waals surface area contributed by atoms with E-state index in [0.717, 1.165) is 0 Å². The zero-order chi connectivity index (χ0) is 19.3. The average Bonchev–Trinajstić information content (AvgIpc) is 2.61. The first-order valence-electron chi connectivity index (χ1n) is 7.87. The molecule has 0 spiro atoms. The maximum absolute atomic E-state index is 13.0. The lowest BCUT2D eigenvalue weighted by Gasteiger charge is -2.23. The summed E-state index contributed by atoms with van der Waals surface area (Å²) in [6, 6.07) is 12.0. The molecular formula is C18H20N2O5S. The van der Waals surface area contributed by atoms with Crippen molar-refractivity contribution in [1.82, 2.24) is 9.62 Å². The van der Waals surface area contributed by atoms with Crippen molar-refractivity contribution >= 4 is 22.0 Å². The fourth-order valence-corrected chi connectivity index (χ4v) is 3.54. The van der Waals surface area contributed by atoms with Gasteiger partial charge < -0.3 is 10.1 Å². The van der Waals surface area contributed by atoms with E-state index in [-0.39, 0.29) is 26.6 Å². The van der Waals surface area contributed by atoms with Crippen molar-refractivity contribution in [2.75, 3.05) is 7.11 Å². The second kappa shape index (κ2) is 8.01. The Morgan fingerprint density at radius 3 is 2.15 bits per heavy atom. The quantitative estimate of drug-likeness (QED) is 0.866. The Balaban J connectivity index is 2.58. The molecule has 26 heavy (non-hydrogen) atoms. The van der Waals surface area contributed by atoms with Gasteiger partial charge in [0.05, 0.1) is 17.6 Å². The number of nitrogens with one attached hydrogen (secondary N) is 1. The lowest BCUT2D eigenvalue weighted by molar-refractivity contribution is 0.0881. The molecule has 7 nitrogen and oxygen atoms in total. The van der Waals surface area contributed by atoms with Crippen LogP contribution in [0.5, 0.6) is 5.75 Å². The SMILES string of the molecule is COc1ccccc1C(=O)N(C(=O)NC(C)C)S(=O)(=O)c1ccccc1. The molecule has 0 aliphatic heterocycles. The van der Waals surface area contributed by atoms with Crippen molar-refractivity contribution in [3.63, 3.8) is 0 Å². The lowest BCUT2D eigenvalue weighted by Crippen LogP contribution is -2.49. The molecule has 8 heteroatoms. The monoisotopic (exact) mass is 376 g/mol. The van der Waals surface area contributed by atoms with Gasteiger partial charge in [-0.05, 0) is 38.1 Å². The van der Waals surface area contributed by atoms with Crippen LogP contribution in [0.1, 0.15) is 24.2 Å². The van der Waals surface area contributed by atoms with E-state index in [1.807, 2.05) is 0 Å². The van der Waals surface area contributed by atoms with Gasteiger partial charge in [0.1, 0.15) is 5.75 Å². The van der Waals surface area contributed by atoms with Crippen LogP contribution >= 0.6 is 0 Å². The van der Waals surface area contributed by atoms with Gasteiger partial charge in [-0.15, -0.1) is 4.31 Å². The first-order chi connectivity index (χ1) is 12.3. The summed E-state index contributed by atoms with van der Waals surface area (Å²) in [4.78, 5) is 25.4. The molecule has 0 aromatic heterocycles. The van der Waals surface area contributed by atoms with E-state index in [2.05, 4.69) is 5.32 Å². The Kier molecular flexibility index (Phi) is 5.99. The highest BCUT2D eigenvalue weighted by atomic mass is 32.2. The number of benzene rings is 2. The van der Waals surface area contributed by atoms with Gasteiger partial charge in [0.2, 0.25) is 0 Å². The predicted molar refractivity (Wildman–Crippen MR) is 96.5 cm³/mol. The van der Waals surface area contributed by atoms with Crippen molar-refractivity contribution in [2.45, 2.75) is 24.8 Å². The van der Waals surface area contributed by atoms with Gasteiger partial charge in [0, 0.05) is 6.04 Å². The van der Waals surface area contributed by atoms with E-state index in [9.17, 15) is 18.0 Å². The number of nitrogens with zero attached hydrogens (tertiary/aromatic N) is 1. The highest BCUT2D eigenvalue weighted by molar-refractivity contribution is 7.90. The predicted octanol–water partition coefficient (Wildman–Crippen LogP) is 2.64. The average molecular weight is 376 g/mol. The van der Waals surface area contributed by atoms with Gasteiger partial charge in [-0.2, -0.15) is 0 Å². The second-order valence-electron chi connectivity index (χ2n) is 5.69. The normalized spacial score (nSPS) is 11.1. The van der Waals surface area contributed by atoms with Gasteiger partial charge >= 0.3 is 6.03 Å². The molecule has 0 fully saturated rings. The van der Waals surface area contributed by atoms with E-state index in [1.54, 1.807) is 32.0 Å². The number of carbonyl (C=O) groups excluding carboxylic acids is 2. The number of imide groups is 1. The molecule has 0 radical (unpaired) electrons. The van der Waals surface area contributed by atoms with Crippen LogP contribution in [0.25, 0.3) is 0 Å². The number of hydrogen-bond donors (Lipinski definition) is 1. The molecule has 3 amide bonds. The molecule has 138 valence electrons. The number of methoxy groups -OCH3 is 1. The highest BCUT2D eigenvalue weighted by Crippen LogP contribution is 2.24. The minimum atomic E-state index is -4.40. The molecule has 0 aliphatic carbocycles. The number of para-hydroxylation sites is 1. The molecule has 2 rings (SSSR count). The lowest BCUT2D eigenvalue weighted by atomic mass is 10.2. The van der Waals surface area contributed by atoms with Crippen LogP contribution in [0.4, 0.5) is 4.79 Å². The fourth-order valence-electron chi connectivity index (χ4n) is 2.24. The molecule has 0 bridgehead atoms. The Morgan fingerprint density at radius 2 is 1.58 bits per heavy atom. The summed E-state index contributed by atoms with van der Waals surface area (Å²) in [5.41, 5.74) is -0.0339. The maximum Gasteiger partial charge on any atom is 0.338 e. The van der Waals surface area contributed by atoms with Gasteiger partial charge in [0.15, 0.2) is 0 Å². The van der Waals surface area contributed by atoms with Crippen molar-refractivity contribution in [2.24, 2.45) is 0 Å². The minimum Gasteiger partial charge on any atom is -0.496 e. The fraction of sp³-hybridized carbons (Fsp3) is 0.222. The highest BCUT2D eigenvalue weighted by Gasteiger charge is 2.37. The third kappa shape index (κ3) is 4.02. The third-order valence-corrected chi connectivity index (χ3v) is 5.08. The summed E-state index contributed by atoms with van der Waals surface area (Å²) in [6.07, 6.45) is 0.